The lowest BCUT2D eigenvalue weighted by Gasteiger charge is -2.17. The van der Waals surface area contributed by atoms with E-state index in [1.54, 1.807) is 12.3 Å². The van der Waals surface area contributed by atoms with E-state index in [1.165, 1.54) is 11.8 Å². The van der Waals surface area contributed by atoms with Gasteiger partial charge in [0, 0.05) is 23.4 Å². The minimum Gasteiger partial charge on any atom is -0.453 e. The molecule has 17 heavy (non-hydrogen) atoms. The molecule has 2 heterocycles. The largest absolute Gasteiger partial charge is 0.453 e. The molecule has 2 atom stereocenters. The van der Waals surface area contributed by atoms with Crippen LogP contribution in [0.5, 0.6) is 0 Å². The van der Waals surface area contributed by atoms with E-state index in [-0.39, 0.29) is 11.1 Å². The van der Waals surface area contributed by atoms with E-state index >= 15 is 0 Å². The number of fused-ring (bicyclic) bond motifs is 1. The van der Waals surface area contributed by atoms with Gasteiger partial charge in [-0.1, -0.05) is 6.07 Å². The highest BCUT2D eigenvalue weighted by Crippen LogP contribution is 2.42. The van der Waals surface area contributed by atoms with Gasteiger partial charge in [-0.15, -0.1) is 0 Å². The number of nitrogens with zero attached hydrogens (tertiary/aromatic N) is 1. The van der Waals surface area contributed by atoms with E-state index < -0.39 is 6.10 Å². The van der Waals surface area contributed by atoms with Crippen LogP contribution in [-0.4, -0.2) is 10.1 Å². The fourth-order valence-corrected chi connectivity index (χ4v) is 2.71. The highest BCUT2D eigenvalue weighted by atomic mass is 35.5. The molecule has 1 aliphatic carbocycles. The maximum Gasteiger partial charge on any atom is 0.198 e. The molecule has 2 aromatic rings. The lowest BCUT2D eigenvalue weighted by atomic mass is 9.95. The molecule has 1 aliphatic rings. The summed E-state index contributed by atoms with van der Waals surface area (Å²) < 4.78 is 5.02. The molecule has 3 nitrogen and oxygen atoms in total. The lowest BCUT2D eigenvalue weighted by molar-refractivity contribution is 0.142. The smallest absolute Gasteiger partial charge is 0.198 e. The first-order valence-electron chi connectivity index (χ1n) is 5.62. The van der Waals surface area contributed by atoms with Gasteiger partial charge in [-0.3, -0.25) is 4.98 Å². The number of aromatic nitrogens is 1. The predicted molar refractivity (Wildman–Crippen MR) is 64.0 cm³/mol. The van der Waals surface area contributed by atoms with Gasteiger partial charge < -0.3 is 9.52 Å². The van der Waals surface area contributed by atoms with Crippen LogP contribution < -0.4 is 0 Å². The van der Waals surface area contributed by atoms with E-state index in [9.17, 15) is 5.11 Å². The molecule has 0 amide bonds. The first-order chi connectivity index (χ1) is 8.27. The Balaban J connectivity index is 1.95. The molecule has 2 unspecified atom stereocenters. The molecule has 4 heteroatoms. The zero-order valence-corrected chi connectivity index (χ0v) is 9.89. The van der Waals surface area contributed by atoms with Crippen molar-refractivity contribution in [3.05, 3.63) is 52.7 Å². The number of aryl methyl sites for hydroxylation is 1. The first kappa shape index (κ1) is 10.8. The molecular weight excluding hydrogens is 238 g/mol. The molecule has 0 spiro atoms. The Kier molecular flexibility index (Phi) is 2.65. The van der Waals surface area contributed by atoms with Crippen molar-refractivity contribution < 1.29 is 9.52 Å². The summed E-state index contributed by atoms with van der Waals surface area (Å²) in [5, 5.41) is 10.6. The van der Waals surface area contributed by atoms with Gasteiger partial charge in [-0.05, 0) is 42.1 Å². The maximum atomic E-state index is 10.4. The van der Waals surface area contributed by atoms with E-state index in [0.717, 1.165) is 18.5 Å². The molecule has 0 fully saturated rings. The molecular formula is C13H12ClNO2. The van der Waals surface area contributed by atoms with Crippen LogP contribution >= 0.6 is 11.6 Å². The predicted octanol–water partition coefficient (Wildman–Crippen LogP) is 3.09. The van der Waals surface area contributed by atoms with E-state index in [1.807, 2.05) is 6.07 Å². The second-order valence-corrected chi connectivity index (χ2v) is 4.63. The van der Waals surface area contributed by atoms with Crippen LogP contribution in [0.15, 0.2) is 35.1 Å². The van der Waals surface area contributed by atoms with Gasteiger partial charge in [0.2, 0.25) is 0 Å². The van der Waals surface area contributed by atoms with Gasteiger partial charge in [-0.25, -0.2) is 0 Å². The molecule has 0 bridgehead atoms. The monoisotopic (exact) mass is 249 g/mol. The summed E-state index contributed by atoms with van der Waals surface area (Å²) in [6, 6.07) is 5.71. The Morgan fingerprint density at radius 3 is 3.12 bits per heavy atom. The number of aliphatic hydroxyl groups excluding tert-OH is 1. The van der Waals surface area contributed by atoms with Crippen molar-refractivity contribution in [3.63, 3.8) is 0 Å². The highest BCUT2D eigenvalue weighted by molar-refractivity contribution is 6.29. The number of rotatable bonds is 2. The van der Waals surface area contributed by atoms with Crippen LogP contribution in [0.3, 0.4) is 0 Å². The van der Waals surface area contributed by atoms with Crippen LogP contribution in [0.1, 0.15) is 35.3 Å². The van der Waals surface area contributed by atoms with Crippen LogP contribution in [0.2, 0.25) is 5.22 Å². The lowest BCUT2D eigenvalue weighted by Crippen LogP contribution is -2.09. The summed E-state index contributed by atoms with van der Waals surface area (Å²) in [5.74, 6) is 0.0151. The highest BCUT2D eigenvalue weighted by Gasteiger charge is 2.32. The Bertz CT molecular complexity index is 538. The topological polar surface area (TPSA) is 46.3 Å². The van der Waals surface area contributed by atoms with Gasteiger partial charge in [-0.2, -0.15) is 0 Å². The van der Waals surface area contributed by atoms with Crippen molar-refractivity contribution in [1.82, 2.24) is 4.98 Å². The fourth-order valence-electron chi connectivity index (χ4n) is 2.48. The average Bonchev–Trinajstić information content (AvgIpc) is 2.94. The third-order valence-corrected chi connectivity index (χ3v) is 3.66. The summed E-state index contributed by atoms with van der Waals surface area (Å²) in [5.41, 5.74) is 2.85. The van der Waals surface area contributed by atoms with E-state index in [2.05, 4.69) is 11.1 Å². The second-order valence-electron chi connectivity index (χ2n) is 4.29. The van der Waals surface area contributed by atoms with Crippen LogP contribution in [0, 0.1) is 0 Å². The molecule has 0 saturated carbocycles. The van der Waals surface area contributed by atoms with Gasteiger partial charge in [0.25, 0.3) is 0 Å². The summed E-state index contributed by atoms with van der Waals surface area (Å²) in [7, 11) is 0. The standard InChI is InChI=1S/C13H12ClNO2/c14-13-10(5-7-17-13)12(16)9-4-3-8-2-1-6-15-11(8)9/h1-2,5-7,9,12,16H,3-4H2. The first-order valence-corrected chi connectivity index (χ1v) is 6.00. The fraction of sp³-hybridized carbons (Fsp3) is 0.308. The van der Waals surface area contributed by atoms with Gasteiger partial charge in [0.05, 0.1) is 12.4 Å². The van der Waals surface area contributed by atoms with Crippen molar-refractivity contribution in [3.8, 4) is 0 Å². The van der Waals surface area contributed by atoms with Gasteiger partial charge >= 0.3 is 0 Å². The number of pyridine rings is 1. The van der Waals surface area contributed by atoms with E-state index in [4.69, 9.17) is 16.0 Å². The zero-order chi connectivity index (χ0) is 11.8. The molecule has 0 aromatic carbocycles. The minimum atomic E-state index is -0.641. The number of hydrogen-bond donors (Lipinski definition) is 1. The number of hydrogen-bond acceptors (Lipinski definition) is 3. The van der Waals surface area contributed by atoms with Crippen molar-refractivity contribution >= 4 is 11.6 Å². The van der Waals surface area contributed by atoms with Crippen molar-refractivity contribution in [2.75, 3.05) is 0 Å². The minimum absolute atomic E-state index is 0.0151. The van der Waals surface area contributed by atoms with Crippen molar-refractivity contribution in [2.24, 2.45) is 0 Å². The Morgan fingerprint density at radius 1 is 1.47 bits per heavy atom. The molecule has 3 rings (SSSR count). The normalized spacial score (nSPS) is 20.2. The average molecular weight is 250 g/mol. The molecule has 88 valence electrons. The third kappa shape index (κ3) is 1.75. The van der Waals surface area contributed by atoms with Crippen LogP contribution in [0.25, 0.3) is 0 Å². The Labute approximate surface area is 104 Å². The number of aliphatic hydroxyl groups is 1. The van der Waals surface area contributed by atoms with Gasteiger partial charge in [0.1, 0.15) is 0 Å². The SMILES string of the molecule is OC(c1ccoc1Cl)C1CCc2cccnc21. The molecule has 0 aliphatic heterocycles. The zero-order valence-electron chi connectivity index (χ0n) is 9.14. The number of halogens is 1. The Hall–Kier alpha value is -1.32. The van der Waals surface area contributed by atoms with Gasteiger partial charge in [0.15, 0.2) is 5.22 Å². The summed E-state index contributed by atoms with van der Waals surface area (Å²) >= 11 is 5.89. The summed E-state index contributed by atoms with van der Waals surface area (Å²) in [6.45, 7) is 0. The Morgan fingerprint density at radius 2 is 2.35 bits per heavy atom. The molecule has 1 N–H and O–H groups in total. The van der Waals surface area contributed by atoms with E-state index in [0.29, 0.717) is 5.56 Å². The van der Waals surface area contributed by atoms with Crippen molar-refractivity contribution in [1.29, 1.82) is 0 Å². The summed E-state index contributed by atoms with van der Waals surface area (Å²) in [4.78, 5) is 4.37. The van der Waals surface area contributed by atoms with Crippen molar-refractivity contribution in [2.45, 2.75) is 24.9 Å². The molecule has 0 saturated heterocycles. The molecule has 0 radical (unpaired) electrons. The third-order valence-electron chi connectivity index (χ3n) is 3.35. The summed E-state index contributed by atoms with van der Waals surface area (Å²) in [6.07, 6.45) is 4.48. The quantitative estimate of drug-likeness (QED) is 0.890. The second kappa shape index (κ2) is 4.17. The van der Waals surface area contributed by atoms with Crippen LogP contribution in [0.4, 0.5) is 0 Å². The van der Waals surface area contributed by atoms with Crippen LogP contribution in [-0.2, 0) is 6.42 Å². The maximum absolute atomic E-state index is 10.4. The number of furan rings is 1. The molecule has 2 aromatic heterocycles.